The largest absolute Gasteiger partial charge is 0.497 e. The quantitative estimate of drug-likeness (QED) is 0.795. The van der Waals surface area contributed by atoms with Crippen LogP contribution in [0.4, 0.5) is 0 Å². The fraction of sp³-hybridized carbons (Fsp3) is 0.211. The Balaban J connectivity index is 1.94. The predicted octanol–water partition coefficient (Wildman–Crippen LogP) is 3.58. The Kier molecular flexibility index (Phi) is 5.80. The number of ether oxygens (including phenoxy) is 2. The van der Waals surface area contributed by atoms with Crippen molar-refractivity contribution in [1.82, 2.24) is 5.32 Å². The zero-order valence-electron chi connectivity index (χ0n) is 13.5. The summed E-state index contributed by atoms with van der Waals surface area (Å²) in [6.45, 7) is 6.58. The van der Waals surface area contributed by atoms with Crippen LogP contribution in [-0.2, 0) is 6.54 Å². The number of carbonyl (C=O) groups excluding carboxylic acids is 1. The summed E-state index contributed by atoms with van der Waals surface area (Å²) in [6.07, 6.45) is 0. The third-order valence-electron chi connectivity index (χ3n) is 3.19. The highest BCUT2D eigenvalue weighted by Gasteiger charge is 2.07. The molecule has 0 atom stereocenters. The van der Waals surface area contributed by atoms with Gasteiger partial charge in [-0.25, -0.2) is 0 Å². The topological polar surface area (TPSA) is 47.6 Å². The monoisotopic (exact) mass is 311 g/mol. The van der Waals surface area contributed by atoms with E-state index in [0.717, 1.165) is 16.9 Å². The summed E-state index contributed by atoms with van der Waals surface area (Å²) in [7, 11) is 1.62. The van der Waals surface area contributed by atoms with Gasteiger partial charge in [-0.2, -0.15) is 0 Å². The lowest BCUT2D eigenvalue weighted by Gasteiger charge is -2.09. The molecule has 4 heteroatoms. The van der Waals surface area contributed by atoms with E-state index in [0.29, 0.717) is 24.5 Å². The highest BCUT2D eigenvalue weighted by atomic mass is 16.5. The SMILES string of the molecule is C=C(C)COc1cccc(C(=O)NCc2ccc(OC)cc2)c1. The summed E-state index contributed by atoms with van der Waals surface area (Å²) >= 11 is 0. The lowest BCUT2D eigenvalue weighted by atomic mass is 10.2. The summed E-state index contributed by atoms with van der Waals surface area (Å²) in [4.78, 5) is 12.2. The van der Waals surface area contributed by atoms with Crippen molar-refractivity contribution in [2.75, 3.05) is 13.7 Å². The van der Waals surface area contributed by atoms with Crippen molar-refractivity contribution in [2.45, 2.75) is 13.5 Å². The summed E-state index contributed by atoms with van der Waals surface area (Å²) in [6, 6.07) is 14.7. The number of carbonyl (C=O) groups is 1. The molecule has 4 nitrogen and oxygen atoms in total. The minimum atomic E-state index is -0.137. The molecule has 0 aromatic heterocycles. The molecule has 0 saturated carbocycles. The number of amides is 1. The Bertz CT molecular complexity index is 677. The van der Waals surface area contributed by atoms with Gasteiger partial charge in [0.1, 0.15) is 18.1 Å². The van der Waals surface area contributed by atoms with Gasteiger partial charge in [-0.15, -0.1) is 0 Å². The minimum Gasteiger partial charge on any atom is -0.497 e. The smallest absolute Gasteiger partial charge is 0.251 e. The molecular weight excluding hydrogens is 290 g/mol. The normalized spacial score (nSPS) is 10.0. The zero-order valence-corrected chi connectivity index (χ0v) is 13.5. The average Bonchev–Trinajstić information content (AvgIpc) is 2.58. The predicted molar refractivity (Wildman–Crippen MR) is 90.9 cm³/mol. The molecule has 0 heterocycles. The molecule has 0 fully saturated rings. The standard InChI is InChI=1S/C19H21NO3/c1-14(2)13-23-18-6-4-5-16(11-18)19(21)20-12-15-7-9-17(22-3)10-8-15/h4-11H,1,12-13H2,2-3H3,(H,20,21). The Morgan fingerprint density at radius 2 is 1.87 bits per heavy atom. The van der Waals surface area contributed by atoms with E-state index < -0.39 is 0 Å². The van der Waals surface area contributed by atoms with Gasteiger partial charge in [-0.1, -0.05) is 24.8 Å². The first-order valence-electron chi connectivity index (χ1n) is 7.37. The third-order valence-corrected chi connectivity index (χ3v) is 3.19. The molecule has 2 aromatic carbocycles. The number of hydrogen-bond donors (Lipinski definition) is 1. The lowest BCUT2D eigenvalue weighted by Crippen LogP contribution is -2.22. The Morgan fingerprint density at radius 1 is 1.13 bits per heavy atom. The van der Waals surface area contributed by atoms with Crippen LogP contribution in [0.15, 0.2) is 60.7 Å². The fourth-order valence-electron chi connectivity index (χ4n) is 1.96. The molecule has 2 aromatic rings. The van der Waals surface area contributed by atoms with Crippen LogP contribution < -0.4 is 14.8 Å². The van der Waals surface area contributed by atoms with Gasteiger partial charge in [0.05, 0.1) is 7.11 Å². The molecule has 1 N–H and O–H groups in total. The Morgan fingerprint density at radius 3 is 2.52 bits per heavy atom. The molecule has 0 radical (unpaired) electrons. The maximum Gasteiger partial charge on any atom is 0.251 e. The van der Waals surface area contributed by atoms with Gasteiger partial charge in [0.2, 0.25) is 0 Å². The molecule has 0 bridgehead atoms. The second kappa shape index (κ2) is 8.03. The zero-order chi connectivity index (χ0) is 16.7. The third kappa shape index (κ3) is 5.18. The second-order valence-corrected chi connectivity index (χ2v) is 5.30. The lowest BCUT2D eigenvalue weighted by molar-refractivity contribution is 0.0950. The Hall–Kier alpha value is -2.75. The van der Waals surface area contributed by atoms with E-state index in [4.69, 9.17) is 9.47 Å². The molecule has 0 spiro atoms. The van der Waals surface area contributed by atoms with Gasteiger partial charge in [-0.05, 0) is 48.4 Å². The summed E-state index contributed by atoms with van der Waals surface area (Å²) < 4.78 is 10.7. The van der Waals surface area contributed by atoms with Crippen LogP contribution in [0.2, 0.25) is 0 Å². The van der Waals surface area contributed by atoms with Crippen LogP contribution in [0, 0.1) is 0 Å². The molecule has 0 aliphatic heterocycles. The van der Waals surface area contributed by atoms with E-state index in [1.54, 1.807) is 25.3 Å². The van der Waals surface area contributed by atoms with Gasteiger partial charge < -0.3 is 14.8 Å². The van der Waals surface area contributed by atoms with E-state index in [9.17, 15) is 4.79 Å². The van der Waals surface area contributed by atoms with Crippen LogP contribution >= 0.6 is 0 Å². The van der Waals surface area contributed by atoms with Crippen molar-refractivity contribution < 1.29 is 14.3 Å². The van der Waals surface area contributed by atoms with Gasteiger partial charge in [0.15, 0.2) is 0 Å². The van der Waals surface area contributed by atoms with Gasteiger partial charge >= 0.3 is 0 Å². The summed E-state index contributed by atoms with van der Waals surface area (Å²) in [5.41, 5.74) is 2.51. The van der Waals surface area contributed by atoms with Gasteiger partial charge in [0.25, 0.3) is 5.91 Å². The van der Waals surface area contributed by atoms with E-state index in [1.807, 2.05) is 37.3 Å². The molecule has 0 aliphatic carbocycles. The van der Waals surface area contributed by atoms with Crippen molar-refractivity contribution in [3.63, 3.8) is 0 Å². The van der Waals surface area contributed by atoms with Crippen LogP contribution in [-0.4, -0.2) is 19.6 Å². The maximum atomic E-state index is 12.2. The van der Waals surface area contributed by atoms with Crippen LogP contribution in [0.1, 0.15) is 22.8 Å². The van der Waals surface area contributed by atoms with Gasteiger partial charge in [-0.3, -0.25) is 4.79 Å². The molecule has 0 aliphatic rings. The minimum absolute atomic E-state index is 0.137. The molecule has 23 heavy (non-hydrogen) atoms. The van der Waals surface area contributed by atoms with Crippen LogP contribution in [0.5, 0.6) is 11.5 Å². The van der Waals surface area contributed by atoms with Crippen molar-refractivity contribution in [1.29, 1.82) is 0 Å². The highest BCUT2D eigenvalue weighted by molar-refractivity contribution is 5.94. The number of nitrogens with one attached hydrogen (secondary N) is 1. The van der Waals surface area contributed by atoms with Crippen LogP contribution in [0.25, 0.3) is 0 Å². The van der Waals surface area contributed by atoms with Crippen molar-refractivity contribution in [2.24, 2.45) is 0 Å². The van der Waals surface area contributed by atoms with E-state index in [1.165, 1.54) is 0 Å². The van der Waals surface area contributed by atoms with E-state index in [-0.39, 0.29) is 5.91 Å². The molecule has 2 rings (SSSR count). The van der Waals surface area contributed by atoms with Crippen molar-refractivity contribution >= 4 is 5.91 Å². The molecule has 1 amide bonds. The number of rotatable bonds is 7. The molecular formula is C19H21NO3. The summed E-state index contributed by atoms with van der Waals surface area (Å²) in [5, 5.41) is 2.89. The Labute approximate surface area is 136 Å². The molecule has 0 saturated heterocycles. The first-order valence-corrected chi connectivity index (χ1v) is 7.37. The first kappa shape index (κ1) is 16.6. The van der Waals surface area contributed by atoms with Crippen LogP contribution in [0.3, 0.4) is 0 Å². The summed E-state index contributed by atoms with van der Waals surface area (Å²) in [5.74, 6) is 1.31. The molecule has 0 unspecified atom stereocenters. The molecule has 120 valence electrons. The fourth-order valence-corrected chi connectivity index (χ4v) is 1.96. The average molecular weight is 311 g/mol. The number of methoxy groups -OCH3 is 1. The van der Waals surface area contributed by atoms with Gasteiger partial charge in [0, 0.05) is 12.1 Å². The van der Waals surface area contributed by atoms with Crippen molar-refractivity contribution in [3.05, 3.63) is 71.8 Å². The number of hydrogen-bond acceptors (Lipinski definition) is 3. The highest BCUT2D eigenvalue weighted by Crippen LogP contribution is 2.15. The van der Waals surface area contributed by atoms with E-state index in [2.05, 4.69) is 11.9 Å². The first-order chi connectivity index (χ1) is 11.1. The maximum absolute atomic E-state index is 12.2. The van der Waals surface area contributed by atoms with Crippen molar-refractivity contribution in [3.8, 4) is 11.5 Å². The van der Waals surface area contributed by atoms with E-state index >= 15 is 0 Å². The number of benzene rings is 2. The second-order valence-electron chi connectivity index (χ2n) is 5.30.